The molecule has 1 atom stereocenters. The summed E-state index contributed by atoms with van der Waals surface area (Å²) in [5.41, 5.74) is 1.37. The van der Waals surface area contributed by atoms with E-state index in [1.54, 1.807) is 0 Å². The highest BCUT2D eigenvalue weighted by Crippen LogP contribution is 2.13. The molecule has 0 spiro atoms. The molecule has 2 N–H and O–H groups in total. The summed E-state index contributed by atoms with van der Waals surface area (Å²) in [6, 6.07) is 10.5. The van der Waals surface area contributed by atoms with Gasteiger partial charge < -0.3 is 15.2 Å². The standard InChI is InChI=1S/C18H31NO2/c1-4-5-13-21-15-17(20)14-19-18(2,3)12-11-16-9-7-6-8-10-16/h6-10,17,19-20H,4-5,11-15H2,1-3H3. The number of aliphatic hydroxyl groups is 1. The molecule has 3 heteroatoms. The average Bonchev–Trinajstić information content (AvgIpc) is 2.49. The highest BCUT2D eigenvalue weighted by atomic mass is 16.5. The molecule has 120 valence electrons. The monoisotopic (exact) mass is 293 g/mol. The van der Waals surface area contributed by atoms with Crippen LogP contribution in [0.2, 0.25) is 0 Å². The van der Waals surface area contributed by atoms with Crippen LogP contribution in [0, 0.1) is 0 Å². The van der Waals surface area contributed by atoms with Gasteiger partial charge in [-0.15, -0.1) is 0 Å². The van der Waals surface area contributed by atoms with Gasteiger partial charge in [0.1, 0.15) is 0 Å². The Balaban J connectivity index is 2.19. The van der Waals surface area contributed by atoms with Crippen molar-refractivity contribution >= 4 is 0 Å². The van der Waals surface area contributed by atoms with Crippen molar-refractivity contribution in [2.45, 2.75) is 58.1 Å². The summed E-state index contributed by atoms with van der Waals surface area (Å²) in [6.07, 6.45) is 3.84. The minimum absolute atomic E-state index is 0.0141. The van der Waals surface area contributed by atoms with E-state index in [0.717, 1.165) is 32.3 Å². The second-order valence-corrected chi connectivity index (χ2v) is 6.33. The number of nitrogens with one attached hydrogen (secondary N) is 1. The Morgan fingerprint density at radius 2 is 1.95 bits per heavy atom. The molecule has 0 bridgehead atoms. The SMILES string of the molecule is CCCCOCC(O)CNC(C)(C)CCc1ccccc1. The second-order valence-electron chi connectivity index (χ2n) is 6.33. The predicted octanol–water partition coefficient (Wildman–Crippen LogP) is 3.17. The maximum atomic E-state index is 9.91. The van der Waals surface area contributed by atoms with E-state index in [9.17, 15) is 5.11 Å². The third kappa shape index (κ3) is 8.86. The summed E-state index contributed by atoms with van der Waals surface area (Å²) in [6.45, 7) is 8.23. The Hall–Kier alpha value is -0.900. The number of benzene rings is 1. The van der Waals surface area contributed by atoms with Gasteiger partial charge >= 0.3 is 0 Å². The summed E-state index contributed by atoms with van der Waals surface area (Å²) in [7, 11) is 0. The van der Waals surface area contributed by atoms with Gasteiger partial charge in [0.2, 0.25) is 0 Å². The number of β-amino-alcohol motifs (C(OH)–C–C–N with tert-alkyl or cyclic N) is 1. The van der Waals surface area contributed by atoms with Crippen LogP contribution in [0.25, 0.3) is 0 Å². The van der Waals surface area contributed by atoms with E-state index in [2.05, 4.69) is 50.4 Å². The topological polar surface area (TPSA) is 41.5 Å². The molecule has 1 aromatic rings. The van der Waals surface area contributed by atoms with Crippen molar-refractivity contribution in [3.05, 3.63) is 35.9 Å². The Morgan fingerprint density at radius 1 is 1.24 bits per heavy atom. The van der Waals surface area contributed by atoms with Gasteiger partial charge in [-0.05, 0) is 38.7 Å². The molecule has 1 rings (SSSR count). The normalized spacial score (nSPS) is 13.3. The zero-order valence-electron chi connectivity index (χ0n) is 13.8. The summed E-state index contributed by atoms with van der Waals surface area (Å²) < 4.78 is 5.44. The third-order valence-electron chi connectivity index (χ3n) is 3.65. The highest BCUT2D eigenvalue weighted by Gasteiger charge is 2.18. The van der Waals surface area contributed by atoms with E-state index in [-0.39, 0.29) is 5.54 Å². The molecule has 0 heterocycles. The molecule has 0 amide bonds. The molecule has 3 nitrogen and oxygen atoms in total. The van der Waals surface area contributed by atoms with Crippen molar-refractivity contribution in [1.82, 2.24) is 5.32 Å². The van der Waals surface area contributed by atoms with Crippen molar-refractivity contribution in [3.63, 3.8) is 0 Å². The van der Waals surface area contributed by atoms with Crippen LogP contribution in [0.5, 0.6) is 0 Å². The minimum atomic E-state index is -0.433. The Morgan fingerprint density at radius 3 is 2.62 bits per heavy atom. The molecule has 0 saturated heterocycles. The van der Waals surface area contributed by atoms with Crippen LogP contribution in [0.3, 0.4) is 0 Å². The van der Waals surface area contributed by atoms with Crippen LogP contribution in [-0.2, 0) is 11.2 Å². The molecule has 0 aromatic heterocycles. The summed E-state index contributed by atoms with van der Waals surface area (Å²) in [5, 5.41) is 13.3. The van der Waals surface area contributed by atoms with E-state index in [1.807, 2.05) is 6.07 Å². The van der Waals surface area contributed by atoms with Gasteiger partial charge in [0.25, 0.3) is 0 Å². The first-order valence-corrected chi connectivity index (χ1v) is 8.08. The third-order valence-corrected chi connectivity index (χ3v) is 3.65. The van der Waals surface area contributed by atoms with E-state index < -0.39 is 6.10 Å². The smallest absolute Gasteiger partial charge is 0.0897 e. The summed E-state index contributed by atoms with van der Waals surface area (Å²) in [4.78, 5) is 0. The lowest BCUT2D eigenvalue weighted by Gasteiger charge is -2.28. The molecule has 1 unspecified atom stereocenters. The van der Waals surface area contributed by atoms with Crippen molar-refractivity contribution < 1.29 is 9.84 Å². The van der Waals surface area contributed by atoms with E-state index >= 15 is 0 Å². The molecule has 1 aromatic carbocycles. The number of hydrogen-bond acceptors (Lipinski definition) is 3. The van der Waals surface area contributed by atoms with Gasteiger partial charge in [-0.25, -0.2) is 0 Å². The minimum Gasteiger partial charge on any atom is -0.389 e. The first-order chi connectivity index (χ1) is 10.0. The lowest BCUT2D eigenvalue weighted by molar-refractivity contribution is 0.0323. The maximum absolute atomic E-state index is 9.91. The number of hydrogen-bond donors (Lipinski definition) is 2. The first-order valence-electron chi connectivity index (χ1n) is 8.08. The number of rotatable bonds is 11. The van der Waals surface area contributed by atoms with E-state index in [1.165, 1.54) is 5.56 Å². The second kappa shape index (κ2) is 9.93. The van der Waals surface area contributed by atoms with Crippen molar-refractivity contribution in [2.24, 2.45) is 0 Å². The zero-order valence-corrected chi connectivity index (χ0v) is 13.8. The van der Waals surface area contributed by atoms with Crippen LogP contribution in [0.15, 0.2) is 30.3 Å². The van der Waals surface area contributed by atoms with Gasteiger partial charge in [0.15, 0.2) is 0 Å². The lowest BCUT2D eigenvalue weighted by atomic mass is 9.95. The highest BCUT2D eigenvalue weighted by molar-refractivity contribution is 5.15. The molecular weight excluding hydrogens is 262 g/mol. The van der Waals surface area contributed by atoms with Crippen LogP contribution in [-0.4, -0.2) is 36.5 Å². The maximum Gasteiger partial charge on any atom is 0.0897 e. The molecule has 0 aliphatic heterocycles. The van der Waals surface area contributed by atoms with Gasteiger partial charge in [-0.3, -0.25) is 0 Å². The van der Waals surface area contributed by atoms with Gasteiger partial charge in [-0.2, -0.15) is 0 Å². The molecule has 21 heavy (non-hydrogen) atoms. The fraction of sp³-hybridized carbons (Fsp3) is 0.667. The molecule has 0 aliphatic carbocycles. The van der Waals surface area contributed by atoms with Crippen LogP contribution in [0.1, 0.15) is 45.6 Å². The fourth-order valence-electron chi connectivity index (χ4n) is 2.11. The van der Waals surface area contributed by atoms with Crippen LogP contribution >= 0.6 is 0 Å². The largest absolute Gasteiger partial charge is 0.389 e. The summed E-state index contributed by atoms with van der Waals surface area (Å²) >= 11 is 0. The van der Waals surface area contributed by atoms with Crippen LogP contribution < -0.4 is 5.32 Å². The quantitative estimate of drug-likeness (QED) is 0.616. The Labute approximate surface area is 129 Å². The fourth-order valence-corrected chi connectivity index (χ4v) is 2.11. The van der Waals surface area contributed by atoms with Crippen LogP contribution in [0.4, 0.5) is 0 Å². The van der Waals surface area contributed by atoms with E-state index in [4.69, 9.17) is 4.74 Å². The Kier molecular flexibility index (Phi) is 8.58. The Bertz CT molecular complexity index is 365. The van der Waals surface area contributed by atoms with Gasteiger partial charge in [0.05, 0.1) is 12.7 Å². The number of aryl methyl sites for hydroxylation is 1. The average molecular weight is 293 g/mol. The molecular formula is C18H31NO2. The molecule has 0 aliphatic rings. The van der Waals surface area contributed by atoms with Crippen molar-refractivity contribution in [1.29, 1.82) is 0 Å². The number of unbranched alkanes of at least 4 members (excludes halogenated alkanes) is 1. The molecule has 0 saturated carbocycles. The first kappa shape index (κ1) is 18.1. The number of ether oxygens (including phenoxy) is 1. The van der Waals surface area contributed by atoms with Gasteiger partial charge in [0, 0.05) is 18.7 Å². The van der Waals surface area contributed by atoms with E-state index in [0.29, 0.717) is 13.2 Å². The lowest BCUT2D eigenvalue weighted by Crippen LogP contribution is -2.44. The predicted molar refractivity (Wildman–Crippen MR) is 88.6 cm³/mol. The van der Waals surface area contributed by atoms with Crippen molar-refractivity contribution in [3.8, 4) is 0 Å². The number of aliphatic hydroxyl groups excluding tert-OH is 1. The molecule has 0 radical (unpaired) electrons. The summed E-state index contributed by atoms with van der Waals surface area (Å²) in [5.74, 6) is 0. The zero-order chi connectivity index (χ0) is 15.6. The van der Waals surface area contributed by atoms with Gasteiger partial charge in [-0.1, -0.05) is 43.7 Å². The molecule has 0 fully saturated rings. The van der Waals surface area contributed by atoms with Crippen molar-refractivity contribution in [2.75, 3.05) is 19.8 Å².